The first-order chi connectivity index (χ1) is 24.2. The van der Waals surface area contributed by atoms with Gasteiger partial charge in [0.25, 0.3) is 0 Å². The topological polar surface area (TPSA) is 77.6 Å². The summed E-state index contributed by atoms with van der Waals surface area (Å²) >= 11 is 0. The van der Waals surface area contributed by atoms with Gasteiger partial charge in [-0.25, -0.2) is 19.9 Å². The van der Waals surface area contributed by atoms with E-state index in [1.165, 1.54) is 0 Å². The fourth-order valence-electron chi connectivity index (χ4n) is 6.62. The summed E-state index contributed by atoms with van der Waals surface area (Å²) in [5, 5.41) is 6.55. The van der Waals surface area contributed by atoms with E-state index in [0.717, 1.165) is 76.8 Å². The van der Waals surface area contributed by atoms with Gasteiger partial charge in [0.05, 0.1) is 11.0 Å². The Bertz CT molecular complexity index is 2910. The summed E-state index contributed by atoms with van der Waals surface area (Å²) in [5.74, 6) is 1.63. The van der Waals surface area contributed by atoms with Gasteiger partial charge < -0.3 is 4.42 Å². The Hall–Kier alpha value is -6.79. The number of hydrogen-bond donors (Lipinski definition) is 0. The zero-order valence-corrected chi connectivity index (χ0v) is 26.1. The first-order valence-electron chi connectivity index (χ1n) is 16.2. The van der Waals surface area contributed by atoms with Crippen molar-refractivity contribution in [3.63, 3.8) is 0 Å². The van der Waals surface area contributed by atoms with Gasteiger partial charge in [-0.1, -0.05) is 91.0 Å². The number of nitrogens with zero attached hydrogens (tertiary/aromatic N) is 5. The molecule has 0 aliphatic carbocycles. The summed E-state index contributed by atoms with van der Waals surface area (Å²) in [4.78, 5) is 24.6. The molecule has 0 aliphatic rings. The summed E-state index contributed by atoms with van der Waals surface area (Å²) in [5.41, 5.74) is 8.07. The molecule has 49 heavy (non-hydrogen) atoms. The molecule has 0 aliphatic heterocycles. The van der Waals surface area contributed by atoms with Crippen molar-refractivity contribution in [2.24, 2.45) is 0 Å². The molecule has 6 heteroatoms. The summed E-state index contributed by atoms with van der Waals surface area (Å²) in [6, 6.07) is 49.6. The number of rotatable bonds is 4. The minimum atomic E-state index is 0.502. The highest BCUT2D eigenvalue weighted by Gasteiger charge is 2.16. The zero-order chi connectivity index (χ0) is 32.3. The standard InChI is InChI=1S/C43H25N5O/c1-2-7-28-23-32(14-11-26(28)6-1)41-46-42(33-15-18-35-34-9-3-4-10-39(34)49-40(35)25-33)48-43(47-41)37-20-16-27-12-13-30(24-38(27)45-37)29-17-19-36-31(22-29)8-5-21-44-36/h1-25H. The average molecular weight is 628 g/mol. The third-order valence-electron chi connectivity index (χ3n) is 9.14. The lowest BCUT2D eigenvalue weighted by atomic mass is 10.0. The molecular formula is C43H25N5O. The van der Waals surface area contributed by atoms with E-state index in [4.69, 9.17) is 24.4 Å². The molecule has 0 saturated heterocycles. The maximum Gasteiger partial charge on any atom is 0.182 e. The van der Waals surface area contributed by atoms with Crippen LogP contribution in [0.25, 0.3) is 99.9 Å². The SMILES string of the molecule is c1ccc2cc(-c3nc(-c4ccc5c(c4)oc4ccccc45)nc(-c4ccc5ccc(-c6ccc7ncccc7c6)cc5n4)n3)ccc2c1. The number of pyridine rings is 2. The third-order valence-corrected chi connectivity index (χ3v) is 9.14. The van der Waals surface area contributed by atoms with Crippen molar-refractivity contribution in [3.8, 4) is 45.4 Å². The van der Waals surface area contributed by atoms with Crippen LogP contribution in [-0.4, -0.2) is 24.9 Å². The van der Waals surface area contributed by atoms with Crippen LogP contribution in [0.5, 0.6) is 0 Å². The first kappa shape index (κ1) is 27.3. The Labute approximate surface area is 280 Å². The van der Waals surface area contributed by atoms with Crippen molar-refractivity contribution < 1.29 is 4.42 Å². The third kappa shape index (κ3) is 4.77. The van der Waals surface area contributed by atoms with Gasteiger partial charge in [-0.2, -0.15) is 0 Å². The van der Waals surface area contributed by atoms with Crippen LogP contribution in [0.4, 0.5) is 0 Å². The molecule has 0 saturated carbocycles. The van der Waals surface area contributed by atoms with Crippen LogP contribution in [0.1, 0.15) is 0 Å². The summed E-state index contributed by atoms with van der Waals surface area (Å²) in [6.45, 7) is 0. The van der Waals surface area contributed by atoms with Crippen LogP contribution in [0.2, 0.25) is 0 Å². The maximum absolute atomic E-state index is 6.23. The minimum Gasteiger partial charge on any atom is -0.456 e. The van der Waals surface area contributed by atoms with E-state index in [2.05, 4.69) is 96.0 Å². The van der Waals surface area contributed by atoms with Gasteiger partial charge in [0.1, 0.15) is 16.9 Å². The monoisotopic (exact) mass is 627 g/mol. The van der Waals surface area contributed by atoms with Crippen LogP contribution in [-0.2, 0) is 0 Å². The van der Waals surface area contributed by atoms with Gasteiger partial charge in [-0.05, 0) is 76.5 Å². The van der Waals surface area contributed by atoms with Crippen molar-refractivity contribution in [2.45, 2.75) is 0 Å². The molecule has 0 bridgehead atoms. The molecule has 6 nitrogen and oxygen atoms in total. The molecular weight excluding hydrogens is 603 g/mol. The second kappa shape index (κ2) is 10.9. The zero-order valence-electron chi connectivity index (χ0n) is 26.1. The highest BCUT2D eigenvalue weighted by molar-refractivity contribution is 6.05. The Kier molecular flexibility index (Phi) is 6.08. The molecule has 4 aromatic heterocycles. The van der Waals surface area contributed by atoms with Gasteiger partial charge in [-0.3, -0.25) is 4.98 Å². The molecule has 10 aromatic rings. The predicted octanol–water partition coefficient (Wildman–Crippen LogP) is 10.7. The van der Waals surface area contributed by atoms with E-state index in [0.29, 0.717) is 23.2 Å². The van der Waals surface area contributed by atoms with Crippen molar-refractivity contribution in [1.82, 2.24) is 24.9 Å². The van der Waals surface area contributed by atoms with Crippen molar-refractivity contribution in [1.29, 1.82) is 0 Å². The van der Waals surface area contributed by atoms with Crippen molar-refractivity contribution in [2.75, 3.05) is 0 Å². The molecule has 228 valence electrons. The normalized spacial score (nSPS) is 11.7. The highest BCUT2D eigenvalue weighted by atomic mass is 16.3. The van der Waals surface area contributed by atoms with Gasteiger partial charge in [0, 0.05) is 38.9 Å². The lowest BCUT2D eigenvalue weighted by Gasteiger charge is -2.10. The van der Waals surface area contributed by atoms with Crippen LogP contribution in [0, 0.1) is 0 Å². The van der Waals surface area contributed by atoms with E-state index >= 15 is 0 Å². The molecule has 10 rings (SSSR count). The number of furan rings is 1. The van der Waals surface area contributed by atoms with E-state index in [-0.39, 0.29) is 0 Å². The second-order valence-electron chi connectivity index (χ2n) is 12.2. The number of aromatic nitrogens is 5. The number of hydrogen-bond acceptors (Lipinski definition) is 6. The summed E-state index contributed by atoms with van der Waals surface area (Å²) in [7, 11) is 0. The Balaban J connectivity index is 1.13. The van der Waals surface area contributed by atoms with E-state index in [1.54, 1.807) is 0 Å². The molecule has 0 fully saturated rings. The number of benzene rings is 6. The average Bonchev–Trinajstić information content (AvgIpc) is 3.55. The Morgan fingerprint density at radius 1 is 0.367 bits per heavy atom. The lowest BCUT2D eigenvalue weighted by Crippen LogP contribution is -2.01. The molecule has 0 radical (unpaired) electrons. The summed E-state index contributed by atoms with van der Waals surface area (Å²) < 4.78 is 6.23. The van der Waals surface area contributed by atoms with Crippen LogP contribution in [0.3, 0.4) is 0 Å². The largest absolute Gasteiger partial charge is 0.456 e. The van der Waals surface area contributed by atoms with E-state index in [1.807, 2.05) is 60.8 Å². The van der Waals surface area contributed by atoms with E-state index < -0.39 is 0 Å². The van der Waals surface area contributed by atoms with Gasteiger partial charge in [0.15, 0.2) is 17.5 Å². The smallest absolute Gasteiger partial charge is 0.182 e. The van der Waals surface area contributed by atoms with E-state index in [9.17, 15) is 0 Å². The van der Waals surface area contributed by atoms with Gasteiger partial charge >= 0.3 is 0 Å². The van der Waals surface area contributed by atoms with Gasteiger partial charge in [0.2, 0.25) is 0 Å². The maximum atomic E-state index is 6.23. The van der Waals surface area contributed by atoms with Crippen LogP contribution >= 0.6 is 0 Å². The van der Waals surface area contributed by atoms with Crippen LogP contribution in [0.15, 0.2) is 156 Å². The Morgan fingerprint density at radius 3 is 1.96 bits per heavy atom. The second-order valence-corrected chi connectivity index (χ2v) is 12.2. The van der Waals surface area contributed by atoms with Crippen molar-refractivity contribution in [3.05, 3.63) is 152 Å². The molecule has 0 spiro atoms. The Morgan fingerprint density at radius 2 is 1.02 bits per heavy atom. The summed E-state index contributed by atoms with van der Waals surface area (Å²) in [6.07, 6.45) is 1.82. The lowest BCUT2D eigenvalue weighted by molar-refractivity contribution is 0.669. The fraction of sp³-hybridized carbons (Fsp3) is 0. The molecule has 4 heterocycles. The fourth-order valence-corrected chi connectivity index (χ4v) is 6.62. The molecule has 0 atom stereocenters. The van der Waals surface area contributed by atoms with Crippen LogP contribution < -0.4 is 0 Å². The van der Waals surface area contributed by atoms with Crippen molar-refractivity contribution >= 4 is 54.5 Å². The molecule has 0 unspecified atom stereocenters. The number of para-hydroxylation sites is 1. The quantitative estimate of drug-likeness (QED) is 0.193. The highest BCUT2D eigenvalue weighted by Crippen LogP contribution is 2.33. The molecule has 0 N–H and O–H groups in total. The molecule has 0 amide bonds. The first-order valence-corrected chi connectivity index (χ1v) is 16.2. The predicted molar refractivity (Wildman–Crippen MR) is 197 cm³/mol. The number of fused-ring (bicyclic) bond motifs is 6. The molecule has 6 aromatic carbocycles. The minimum absolute atomic E-state index is 0.502. The van der Waals surface area contributed by atoms with Gasteiger partial charge in [-0.15, -0.1) is 0 Å².